The van der Waals surface area contributed by atoms with Crippen molar-refractivity contribution in [3.05, 3.63) is 29.8 Å². The van der Waals surface area contributed by atoms with Crippen molar-refractivity contribution in [1.29, 1.82) is 0 Å². The molecule has 0 aliphatic heterocycles. The maximum atomic E-state index is 11.8. The van der Waals surface area contributed by atoms with E-state index >= 15 is 0 Å². The molecule has 0 saturated heterocycles. The third-order valence-corrected chi connectivity index (χ3v) is 3.05. The fourth-order valence-electron chi connectivity index (χ4n) is 1.30. The van der Waals surface area contributed by atoms with Crippen molar-refractivity contribution in [2.45, 2.75) is 33.6 Å². The summed E-state index contributed by atoms with van der Waals surface area (Å²) in [5.74, 6) is -0.427. The highest BCUT2D eigenvalue weighted by Gasteiger charge is 2.26. The first-order valence-corrected chi connectivity index (χ1v) is 5.97. The molecule has 0 bridgehead atoms. The molecule has 0 aliphatic rings. The number of carbonyl (C=O) groups excluding carboxylic acids is 2. The highest BCUT2D eigenvalue weighted by atomic mass is 16.3. The van der Waals surface area contributed by atoms with Crippen LogP contribution in [-0.2, 0) is 16.0 Å². The summed E-state index contributed by atoms with van der Waals surface area (Å²) >= 11 is 0. The van der Waals surface area contributed by atoms with Gasteiger partial charge in [-0.1, -0.05) is 32.9 Å². The first-order chi connectivity index (χ1) is 8.35. The molecule has 0 heterocycles. The number of hydrogen-bond acceptors (Lipinski definition) is 3. The number of rotatable bonds is 4. The van der Waals surface area contributed by atoms with E-state index in [2.05, 4.69) is 5.32 Å². The number of phenols is 1. The lowest BCUT2D eigenvalue weighted by molar-refractivity contribution is -0.135. The Morgan fingerprint density at radius 3 is 2.28 bits per heavy atom. The summed E-state index contributed by atoms with van der Waals surface area (Å²) in [6, 6.07) is 6.34. The fourth-order valence-corrected chi connectivity index (χ4v) is 1.30. The van der Waals surface area contributed by atoms with E-state index in [9.17, 15) is 9.59 Å². The van der Waals surface area contributed by atoms with E-state index in [1.54, 1.807) is 26.0 Å². The summed E-state index contributed by atoms with van der Waals surface area (Å²) < 4.78 is 0. The number of aromatic hydroxyl groups is 1. The lowest BCUT2D eigenvalue weighted by Gasteiger charge is -2.20. The molecule has 4 nitrogen and oxygen atoms in total. The second-order valence-corrected chi connectivity index (χ2v) is 4.96. The molecule has 18 heavy (non-hydrogen) atoms. The second-order valence-electron chi connectivity index (χ2n) is 4.96. The maximum Gasteiger partial charge on any atom is 0.232 e. The van der Waals surface area contributed by atoms with Gasteiger partial charge >= 0.3 is 0 Å². The number of phenolic OH excluding ortho intramolecular Hbond substituents is 1. The van der Waals surface area contributed by atoms with Crippen molar-refractivity contribution < 1.29 is 14.7 Å². The van der Waals surface area contributed by atoms with Gasteiger partial charge in [0, 0.05) is 5.41 Å². The number of hydrogen-bond donors (Lipinski definition) is 2. The van der Waals surface area contributed by atoms with Crippen LogP contribution in [0.25, 0.3) is 0 Å². The third kappa shape index (κ3) is 3.87. The van der Waals surface area contributed by atoms with E-state index in [1.807, 2.05) is 6.92 Å². The van der Waals surface area contributed by atoms with E-state index in [0.29, 0.717) is 6.42 Å². The van der Waals surface area contributed by atoms with Gasteiger partial charge in [0.25, 0.3) is 0 Å². The molecule has 98 valence electrons. The van der Waals surface area contributed by atoms with Gasteiger partial charge in [0.05, 0.1) is 6.42 Å². The Morgan fingerprint density at radius 2 is 1.78 bits per heavy atom. The van der Waals surface area contributed by atoms with Crippen LogP contribution in [0.15, 0.2) is 24.3 Å². The molecule has 1 rings (SSSR count). The fraction of sp³-hybridized carbons (Fsp3) is 0.429. The van der Waals surface area contributed by atoms with Crippen LogP contribution in [-0.4, -0.2) is 16.9 Å². The number of nitrogens with one attached hydrogen (secondary N) is 1. The summed E-state index contributed by atoms with van der Waals surface area (Å²) in [4.78, 5) is 23.5. The number of imide groups is 1. The number of amides is 2. The summed E-state index contributed by atoms with van der Waals surface area (Å²) in [6.07, 6.45) is 0.803. The molecule has 1 aromatic rings. The Hall–Kier alpha value is -1.84. The quantitative estimate of drug-likeness (QED) is 0.857. The molecule has 4 heteroatoms. The van der Waals surface area contributed by atoms with Crippen LogP contribution in [0.2, 0.25) is 0 Å². The Labute approximate surface area is 107 Å². The standard InChI is InChI=1S/C14H19NO3/c1-4-14(2,3)13(18)15-12(17)9-10-5-7-11(16)8-6-10/h5-8,16H,4,9H2,1-3H3,(H,15,17,18). The lowest BCUT2D eigenvalue weighted by atomic mass is 9.89. The third-order valence-electron chi connectivity index (χ3n) is 3.05. The molecule has 0 spiro atoms. The Morgan fingerprint density at radius 1 is 1.22 bits per heavy atom. The SMILES string of the molecule is CCC(C)(C)C(=O)NC(=O)Cc1ccc(O)cc1. The average molecular weight is 249 g/mol. The minimum atomic E-state index is -0.537. The molecule has 0 atom stereocenters. The zero-order chi connectivity index (χ0) is 13.8. The van der Waals surface area contributed by atoms with Crippen molar-refractivity contribution >= 4 is 11.8 Å². The molecule has 0 unspecified atom stereocenters. The minimum Gasteiger partial charge on any atom is -0.508 e. The topological polar surface area (TPSA) is 66.4 Å². The van der Waals surface area contributed by atoms with Gasteiger partial charge in [-0.3, -0.25) is 14.9 Å². The Bertz CT molecular complexity index is 435. The van der Waals surface area contributed by atoms with Gasteiger partial charge in [0.15, 0.2) is 0 Å². The van der Waals surface area contributed by atoms with Crippen molar-refractivity contribution in [2.24, 2.45) is 5.41 Å². The smallest absolute Gasteiger partial charge is 0.232 e. The first-order valence-electron chi connectivity index (χ1n) is 5.97. The van der Waals surface area contributed by atoms with Crippen LogP contribution >= 0.6 is 0 Å². The van der Waals surface area contributed by atoms with Crippen molar-refractivity contribution in [1.82, 2.24) is 5.32 Å². The average Bonchev–Trinajstić information content (AvgIpc) is 2.32. The molecular formula is C14H19NO3. The molecule has 0 aromatic heterocycles. The van der Waals surface area contributed by atoms with E-state index in [1.165, 1.54) is 12.1 Å². The van der Waals surface area contributed by atoms with E-state index in [4.69, 9.17) is 5.11 Å². The summed E-state index contributed by atoms with van der Waals surface area (Å²) in [7, 11) is 0. The number of benzene rings is 1. The van der Waals surface area contributed by atoms with Crippen molar-refractivity contribution in [2.75, 3.05) is 0 Å². The van der Waals surface area contributed by atoms with E-state index < -0.39 is 5.41 Å². The first kappa shape index (κ1) is 14.2. The predicted molar refractivity (Wildman–Crippen MR) is 69.0 cm³/mol. The molecule has 2 N–H and O–H groups in total. The summed E-state index contributed by atoms with van der Waals surface area (Å²) in [5.41, 5.74) is 0.220. The monoisotopic (exact) mass is 249 g/mol. The molecule has 0 fully saturated rings. The van der Waals surface area contributed by atoms with Crippen LogP contribution < -0.4 is 5.32 Å². The normalized spacial score (nSPS) is 11.1. The minimum absolute atomic E-state index is 0.131. The molecule has 1 aromatic carbocycles. The highest BCUT2D eigenvalue weighted by Crippen LogP contribution is 2.19. The largest absolute Gasteiger partial charge is 0.508 e. The van der Waals surface area contributed by atoms with Gasteiger partial charge in [-0.15, -0.1) is 0 Å². The maximum absolute atomic E-state index is 11.8. The molecule has 0 radical (unpaired) electrons. The van der Waals surface area contributed by atoms with Crippen LogP contribution in [0.4, 0.5) is 0 Å². The predicted octanol–water partition coefficient (Wildman–Crippen LogP) is 2.01. The van der Waals surface area contributed by atoms with Crippen LogP contribution in [0, 0.1) is 5.41 Å². The van der Waals surface area contributed by atoms with Gasteiger partial charge in [-0.05, 0) is 24.1 Å². The molecule has 2 amide bonds. The van der Waals surface area contributed by atoms with Gasteiger partial charge in [-0.25, -0.2) is 0 Å². The highest BCUT2D eigenvalue weighted by molar-refractivity contribution is 5.98. The zero-order valence-corrected chi connectivity index (χ0v) is 11.0. The van der Waals surface area contributed by atoms with Crippen LogP contribution in [0.5, 0.6) is 5.75 Å². The van der Waals surface area contributed by atoms with Gasteiger partial charge in [-0.2, -0.15) is 0 Å². The zero-order valence-electron chi connectivity index (χ0n) is 11.0. The molecule has 0 aliphatic carbocycles. The summed E-state index contributed by atoms with van der Waals surface area (Å²) in [5, 5.41) is 11.5. The Balaban J connectivity index is 2.57. The van der Waals surface area contributed by atoms with E-state index in [-0.39, 0.29) is 24.0 Å². The van der Waals surface area contributed by atoms with Gasteiger partial charge in [0.2, 0.25) is 11.8 Å². The van der Waals surface area contributed by atoms with Crippen LogP contribution in [0.1, 0.15) is 32.8 Å². The summed E-state index contributed by atoms with van der Waals surface area (Å²) in [6.45, 7) is 5.51. The van der Waals surface area contributed by atoms with Crippen molar-refractivity contribution in [3.8, 4) is 5.75 Å². The second kappa shape index (κ2) is 5.67. The molecular weight excluding hydrogens is 230 g/mol. The van der Waals surface area contributed by atoms with Crippen molar-refractivity contribution in [3.63, 3.8) is 0 Å². The van der Waals surface area contributed by atoms with Gasteiger partial charge < -0.3 is 5.11 Å². The Kier molecular flexibility index (Phi) is 4.48. The molecule has 0 saturated carbocycles. The lowest BCUT2D eigenvalue weighted by Crippen LogP contribution is -2.40. The van der Waals surface area contributed by atoms with E-state index in [0.717, 1.165) is 5.56 Å². The van der Waals surface area contributed by atoms with Gasteiger partial charge in [0.1, 0.15) is 5.75 Å². The number of carbonyl (C=O) groups is 2. The van der Waals surface area contributed by atoms with Crippen LogP contribution in [0.3, 0.4) is 0 Å².